The molecule has 1 aromatic rings. The van der Waals surface area contributed by atoms with Gasteiger partial charge in [0.25, 0.3) is 10.2 Å². The van der Waals surface area contributed by atoms with E-state index < -0.39 is 10.2 Å². The summed E-state index contributed by atoms with van der Waals surface area (Å²) < 4.78 is 27.9. The maximum absolute atomic E-state index is 12.5. The second-order valence-electron chi connectivity index (χ2n) is 4.54. The summed E-state index contributed by atoms with van der Waals surface area (Å²) in [6.45, 7) is 4.06. The Bertz CT molecular complexity index is 506. The minimum Gasteiger partial charge on any atom is -0.313 e. The third-order valence-electron chi connectivity index (χ3n) is 3.40. The predicted molar refractivity (Wildman–Crippen MR) is 73.8 cm³/mol. The molecule has 6 nitrogen and oxygen atoms in total. The van der Waals surface area contributed by atoms with Crippen molar-refractivity contribution in [2.24, 2.45) is 0 Å². The summed E-state index contributed by atoms with van der Waals surface area (Å²) in [4.78, 5) is 4.08. The molecule has 19 heavy (non-hydrogen) atoms. The van der Waals surface area contributed by atoms with Gasteiger partial charge in [-0.15, -0.1) is 0 Å². The van der Waals surface area contributed by atoms with E-state index in [9.17, 15) is 8.42 Å². The van der Waals surface area contributed by atoms with Crippen LogP contribution in [0.15, 0.2) is 24.5 Å². The molecule has 1 saturated heterocycles. The van der Waals surface area contributed by atoms with Crippen LogP contribution in [0.1, 0.15) is 18.5 Å². The van der Waals surface area contributed by atoms with Gasteiger partial charge in [0.1, 0.15) is 0 Å². The van der Waals surface area contributed by atoms with Gasteiger partial charge in [-0.2, -0.15) is 17.0 Å². The van der Waals surface area contributed by atoms with Crippen molar-refractivity contribution in [1.82, 2.24) is 18.9 Å². The number of aromatic nitrogens is 1. The van der Waals surface area contributed by atoms with E-state index in [-0.39, 0.29) is 6.04 Å². The van der Waals surface area contributed by atoms with Gasteiger partial charge in [0.05, 0.1) is 6.04 Å². The van der Waals surface area contributed by atoms with Gasteiger partial charge < -0.3 is 5.32 Å². The quantitative estimate of drug-likeness (QED) is 0.859. The molecular weight excluding hydrogens is 264 g/mol. The number of hydrogen-bond donors (Lipinski definition) is 1. The van der Waals surface area contributed by atoms with Crippen molar-refractivity contribution < 1.29 is 8.42 Å². The average Bonchev–Trinajstić information content (AvgIpc) is 2.47. The third-order valence-corrected chi connectivity index (χ3v) is 5.47. The van der Waals surface area contributed by atoms with Crippen molar-refractivity contribution in [3.8, 4) is 0 Å². The van der Waals surface area contributed by atoms with E-state index in [1.165, 1.54) is 4.31 Å². The van der Waals surface area contributed by atoms with Gasteiger partial charge in [0, 0.05) is 45.6 Å². The van der Waals surface area contributed by atoms with Crippen LogP contribution in [0.2, 0.25) is 0 Å². The van der Waals surface area contributed by atoms with E-state index in [1.807, 2.05) is 19.1 Å². The van der Waals surface area contributed by atoms with Crippen molar-refractivity contribution >= 4 is 10.2 Å². The van der Waals surface area contributed by atoms with Crippen LogP contribution in [-0.4, -0.2) is 55.2 Å². The molecule has 0 aromatic carbocycles. The van der Waals surface area contributed by atoms with Crippen LogP contribution in [-0.2, 0) is 10.2 Å². The topological polar surface area (TPSA) is 65.5 Å². The van der Waals surface area contributed by atoms with Crippen LogP contribution >= 0.6 is 0 Å². The third kappa shape index (κ3) is 2.94. The molecule has 1 unspecified atom stereocenters. The van der Waals surface area contributed by atoms with Gasteiger partial charge in [-0.1, -0.05) is 13.0 Å². The van der Waals surface area contributed by atoms with Crippen molar-refractivity contribution in [3.05, 3.63) is 30.1 Å². The van der Waals surface area contributed by atoms with E-state index in [1.54, 1.807) is 23.7 Å². The molecular formula is C12H20N4O2S. The molecule has 1 N–H and O–H groups in total. The molecule has 1 aromatic heterocycles. The summed E-state index contributed by atoms with van der Waals surface area (Å²) in [5, 5.41) is 3.24. The molecule has 0 bridgehead atoms. The lowest BCUT2D eigenvalue weighted by Crippen LogP contribution is -2.52. The number of rotatable bonds is 4. The Morgan fingerprint density at radius 2 is 2.37 bits per heavy atom. The number of nitrogens with one attached hydrogen (secondary N) is 1. The summed E-state index contributed by atoms with van der Waals surface area (Å²) >= 11 is 0. The number of piperazine rings is 1. The highest BCUT2D eigenvalue weighted by atomic mass is 32.2. The Labute approximate surface area is 114 Å². The van der Waals surface area contributed by atoms with Gasteiger partial charge in [0.2, 0.25) is 0 Å². The fourth-order valence-corrected chi connectivity index (χ4v) is 3.69. The first kappa shape index (κ1) is 14.4. The Morgan fingerprint density at radius 3 is 3.00 bits per heavy atom. The zero-order valence-corrected chi connectivity index (χ0v) is 12.1. The van der Waals surface area contributed by atoms with Crippen LogP contribution < -0.4 is 5.32 Å². The lowest BCUT2D eigenvalue weighted by molar-refractivity contribution is 0.253. The lowest BCUT2D eigenvalue weighted by Gasteiger charge is -2.37. The first-order chi connectivity index (χ1) is 9.07. The SMILES string of the molecule is CCN(C)S(=O)(=O)N1CCNCC1c1cccnc1. The van der Waals surface area contributed by atoms with Crippen molar-refractivity contribution in [1.29, 1.82) is 0 Å². The van der Waals surface area contributed by atoms with Crippen LogP contribution in [0.4, 0.5) is 0 Å². The molecule has 1 atom stereocenters. The zero-order chi connectivity index (χ0) is 13.9. The van der Waals surface area contributed by atoms with E-state index in [0.717, 1.165) is 5.56 Å². The molecule has 1 fully saturated rings. The summed E-state index contributed by atoms with van der Waals surface area (Å²) in [6, 6.07) is 3.55. The fourth-order valence-electron chi connectivity index (χ4n) is 2.16. The molecule has 1 aliphatic rings. The molecule has 7 heteroatoms. The zero-order valence-electron chi connectivity index (χ0n) is 11.3. The van der Waals surface area contributed by atoms with Gasteiger partial charge in [0.15, 0.2) is 0 Å². The monoisotopic (exact) mass is 284 g/mol. The fraction of sp³-hybridized carbons (Fsp3) is 0.583. The highest BCUT2D eigenvalue weighted by molar-refractivity contribution is 7.86. The van der Waals surface area contributed by atoms with Crippen molar-refractivity contribution in [3.63, 3.8) is 0 Å². The van der Waals surface area contributed by atoms with Gasteiger partial charge in [-0.05, 0) is 11.6 Å². The van der Waals surface area contributed by atoms with Crippen LogP contribution in [0.5, 0.6) is 0 Å². The average molecular weight is 284 g/mol. The van der Waals surface area contributed by atoms with Crippen molar-refractivity contribution in [2.45, 2.75) is 13.0 Å². The Kier molecular flexibility index (Phi) is 4.51. The summed E-state index contributed by atoms with van der Waals surface area (Å²) in [5.41, 5.74) is 0.919. The highest BCUT2D eigenvalue weighted by Crippen LogP contribution is 2.25. The standard InChI is InChI=1S/C12H20N4O2S/c1-3-15(2)19(17,18)16-8-7-14-10-12(16)11-5-4-6-13-9-11/h4-6,9,12,14H,3,7-8,10H2,1-2H3. The maximum Gasteiger partial charge on any atom is 0.282 e. The largest absolute Gasteiger partial charge is 0.313 e. The van der Waals surface area contributed by atoms with Crippen molar-refractivity contribution in [2.75, 3.05) is 33.2 Å². The van der Waals surface area contributed by atoms with Crippen LogP contribution in [0.3, 0.4) is 0 Å². The van der Waals surface area contributed by atoms with Gasteiger partial charge >= 0.3 is 0 Å². The summed E-state index contributed by atoms with van der Waals surface area (Å²) in [6.07, 6.45) is 3.42. The molecule has 2 heterocycles. The first-order valence-electron chi connectivity index (χ1n) is 6.41. The molecule has 0 radical (unpaired) electrons. The minimum absolute atomic E-state index is 0.193. The first-order valence-corrected chi connectivity index (χ1v) is 7.80. The smallest absolute Gasteiger partial charge is 0.282 e. The van der Waals surface area contributed by atoms with Crippen LogP contribution in [0, 0.1) is 0 Å². The Morgan fingerprint density at radius 1 is 1.58 bits per heavy atom. The van der Waals surface area contributed by atoms with Gasteiger partial charge in [-0.3, -0.25) is 4.98 Å². The molecule has 0 aliphatic carbocycles. The Balaban J connectivity index is 2.32. The highest BCUT2D eigenvalue weighted by Gasteiger charge is 2.35. The second-order valence-corrected chi connectivity index (χ2v) is 6.53. The Hall–Kier alpha value is -1.02. The van der Waals surface area contributed by atoms with E-state index in [4.69, 9.17) is 0 Å². The summed E-state index contributed by atoms with van der Waals surface area (Å²) in [5.74, 6) is 0. The maximum atomic E-state index is 12.5. The number of nitrogens with zero attached hydrogens (tertiary/aromatic N) is 3. The minimum atomic E-state index is -3.41. The van der Waals surface area contributed by atoms with E-state index in [0.29, 0.717) is 26.2 Å². The second kappa shape index (κ2) is 5.96. The molecule has 1 aliphatic heterocycles. The molecule has 106 valence electrons. The van der Waals surface area contributed by atoms with Crippen LogP contribution in [0.25, 0.3) is 0 Å². The lowest BCUT2D eigenvalue weighted by atomic mass is 10.1. The molecule has 0 amide bonds. The van der Waals surface area contributed by atoms with Gasteiger partial charge in [-0.25, -0.2) is 0 Å². The van der Waals surface area contributed by atoms with E-state index >= 15 is 0 Å². The summed E-state index contributed by atoms with van der Waals surface area (Å²) in [7, 11) is -1.80. The number of hydrogen-bond acceptors (Lipinski definition) is 4. The molecule has 0 spiro atoms. The normalized spacial score (nSPS) is 21.7. The predicted octanol–water partition coefficient (Wildman–Crippen LogP) is 0.224. The van der Waals surface area contributed by atoms with E-state index in [2.05, 4.69) is 10.3 Å². The molecule has 2 rings (SSSR count). The number of pyridine rings is 1. The molecule has 0 saturated carbocycles.